The van der Waals surface area contributed by atoms with Crippen LogP contribution in [0.5, 0.6) is 0 Å². The van der Waals surface area contributed by atoms with Gasteiger partial charge in [0, 0.05) is 25.0 Å². The normalized spacial score (nSPS) is 10.4. The van der Waals surface area contributed by atoms with E-state index in [0.29, 0.717) is 5.82 Å². The van der Waals surface area contributed by atoms with Crippen molar-refractivity contribution in [2.75, 3.05) is 12.4 Å². The highest BCUT2D eigenvalue weighted by Crippen LogP contribution is 2.16. The average molecular weight is 242 g/mol. The number of anilines is 1. The molecule has 0 fully saturated rings. The summed E-state index contributed by atoms with van der Waals surface area (Å²) in [4.78, 5) is 13.4. The molecule has 0 amide bonds. The number of hydrogen-bond donors (Lipinski definition) is 1. The summed E-state index contributed by atoms with van der Waals surface area (Å²) in [5, 5.41) is 3.07. The van der Waals surface area contributed by atoms with Crippen molar-refractivity contribution in [3.63, 3.8) is 0 Å². The minimum Gasteiger partial charge on any atom is -0.373 e. The van der Waals surface area contributed by atoms with E-state index in [9.17, 15) is 0 Å². The Morgan fingerprint density at radius 3 is 2.67 bits per heavy atom. The van der Waals surface area contributed by atoms with Gasteiger partial charge in [-0.2, -0.15) is 0 Å². The van der Waals surface area contributed by atoms with Crippen LogP contribution in [0.3, 0.4) is 0 Å². The van der Waals surface area contributed by atoms with Gasteiger partial charge in [0.2, 0.25) is 0 Å². The van der Waals surface area contributed by atoms with Gasteiger partial charge in [0.05, 0.1) is 0 Å². The van der Waals surface area contributed by atoms with Crippen LogP contribution in [0.1, 0.15) is 24.6 Å². The second-order valence-corrected chi connectivity index (χ2v) is 4.29. The zero-order valence-electron chi connectivity index (χ0n) is 11.1. The molecule has 2 aromatic rings. The van der Waals surface area contributed by atoms with E-state index in [-0.39, 0.29) is 0 Å². The number of nitrogens with one attached hydrogen (secondary N) is 1. The lowest BCUT2D eigenvalue weighted by Gasteiger charge is -2.07. The number of rotatable bonds is 4. The van der Waals surface area contributed by atoms with Crippen LogP contribution in [0.15, 0.2) is 24.4 Å². The predicted molar refractivity (Wildman–Crippen MR) is 73.5 cm³/mol. The summed E-state index contributed by atoms with van der Waals surface area (Å²) in [6.45, 7) is 4.16. The van der Waals surface area contributed by atoms with E-state index in [2.05, 4.69) is 27.2 Å². The van der Waals surface area contributed by atoms with E-state index in [4.69, 9.17) is 0 Å². The Morgan fingerprint density at radius 2 is 2.06 bits per heavy atom. The number of aromatic nitrogens is 3. The summed E-state index contributed by atoms with van der Waals surface area (Å²) >= 11 is 0. The Hall–Kier alpha value is -1.97. The van der Waals surface area contributed by atoms with Crippen molar-refractivity contribution < 1.29 is 0 Å². The van der Waals surface area contributed by atoms with Crippen LogP contribution in [-0.2, 0) is 6.42 Å². The van der Waals surface area contributed by atoms with Crippen molar-refractivity contribution in [1.29, 1.82) is 0 Å². The molecule has 0 atom stereocenters. The van der Waals surface area contributed by atoms with Gasteiger partial charge in [-0.15, -0.1) is 0 Å². The maximum absolute atomic E-state index is 4.56. The lowest BCUT2D eigenvalue weighted by atomic mass is 10.2. The molecule has 4 heteroatoms. The summed E-state index contributed by atoms with van der Waals surface area (Å²) in [6, 6.07) is 5.97. The summed E-state index contributed by atoms with van der Waals surface area (Å²) < 4.78 is 0. The van der Waals surface area contributed by atoms with Gasteiger partial charge in [0.1, 0.15) is 11.5 Å². The van der Waals surface area contributed by atoms with Crippen LogP contribution in [0.25, 0.3) is 11.5 Å². The Labute approximate surface area is 108 Å². The molecule has 0 saturated carbocycles. The van der Waals surface area contributed by atoms with E-state index in [0.717, 1.165) is 35.6 Å². The molecule has 0 aliphatic heterocycles. The predicted octanol–water partition coefficient (Wildman–Crippen LogP) is 2.84. The van der Waals surface area contributed by atoms with Gasteiger partial charge >= 0.3 is 0 Å². The van der Waals surface area contributed by atoms with E-state index < -0.39 is 0 Å². The Kier molecular flexibility index (Phi) is 3.87. The van der Waals surface area contributed by atoms with Gasteiger partial charge in [-0.1, -0.05) is 19.4 Å². The zero-order valence-corrected chi connectivity index (χ0v) is 11.1. The van der Waals surface area contributed by atoms with Crippen molar-refractivity contribution in [2.24, 2.45) is 0 Å². The number of aryl methyl sites for hydroxylation is 2. The second-order valence-electron chi connectivity index (χ2n) is 4.29. The van der Waals surface area contributed by atoms with E-state index in [1.807, 2.05) is 38.4 Å². The molecule has 0 aliphatic carbocycles. The highest BCUT2D eigenvalue weighted by Gasteiger charge is 2.06. The lowest BCUT2D eigenvalue weighted by molar-refractivity contribution is 0.874. The molecule has 0 unspecified atom stereocenters. The van der Waals surface area contributed by atoms with Crippen molar-refractivity contribution in [2.45, 2.75) is 26.7 Å². The Balaban J connectivity index is 2.42. The monoisotopic (exact) mass is 242 g/mol. The van der Waals surface area contributed by atoms with E-state index in [1.54, 1.807) is 0 Å². The molecule has 2 aromatic heterocycles. The molecular weight excluding hydrogens is 224 g/mol. The molecule has 0 spiro atoms. The average Bonchev–Trinajstić information content (AvgIpc) is 2.39. The highest BCUT2D eigenvalue weighted by atomic mass is 15.0. The first-order valence-electron chi connectivity index (χ1n) is 6.21. The minimum absolute atomic E-state index is 0.685. The fourth-order valence-corrected chi connectivity index (χ4v) is 1.72. The van der Waals surface area contributed by atoms with Gasteiger partial charge in [0.25, 0.3) is 0 Å². The van der Waals surface area contributed by atoms with Crippen LogP contribution < -0.4 is 5.32 Å². The summed E-state index contributed by atoms with van der Waals surface area (Å²) in [6.07, 6.45) is 3.86. The van der Waals surface area contributed by atoms with Crippen LogP contribution >= 0.6 is 0 Å². The van der Waals surface area contributed by atoms with Crippen molar-refractivity contribution in [3.05, 3.63) is 35.7 Å². The second kappa shape index (κ2) is 5.58. The molecule has 94 valence electrons. The number of pyridine rings is 1. The van der Waals surface area contributed by atoms with Gasteiger partial charge in [-0.05, 0) is 25.0 Å². The first-order valence-corrected chi connectivity index (χ1v) is 6.21. The quantitative estimate of drug-likeness (QED) is 0.895. The van der Waals surface area contributed by atoms with Gasteiger partial charge in [-0.3, -0.25) is 4.98 Å². The van der Waals surface area contributed by atoms with Crippen molar-refractivity contribution >= 4 is 5.82 Å². The maximum atomic E-state index is 4.56. The molecule has 2 rings (SSSR count). The Bertz CT molecular complexity index is 520. The number of hydrogen-bond acceptors (Lipinski definition) is 4. The summed E-state index contributed by atoms with van der Waals surface area (Å²) in [7, 11) is 1.87. The van der Waals surface area contributed by atoms with Crippen LogP contribution in [0, 0.1) is 6.92 Å². The van der Waals surface area contributed by atoms with Crippen LogP contribution in [0.2, 0.25) is 0 Å². The summed E-state index contributed by atoms with van der Waals surface area (Å²) in [5.74, 6) is 1.52. The standard InChI is InChI=1S/C14H18N4/c1-4-5-11-8-13(15-3)18-14(17-11)12-7-6-10(2)9-16-12/h6-9H,4-5H2,1-3H3,(H,15,17,18). The van der Waals surface area contributed by atoms with E-state index in [1.165, 1.54) is 0 Å². The van der Waals surface area contributed by atoms with Gasteiger partial charge in [-0.25, -0.2) is 9.97 Å². The van der Waals surface area contributed by atoms with Crippen molar-refractivity contribution in [3.8, 4) is 11.5 Å². The molecule has 0 saturated heterocycles. The Morgan fingerprint density at radius 1 is 1.22 bits per heavy atom. The molecule has 0 radical (unpaired) electrons. The molecule has 4 nitrogen and oxygen atoms in total. The van der Waals surface area contributed by atoms with Gasteiger partial charge in [0.15, 0.2) is 5.82 Å². The number of nitrogens with zero attached hydrogens (tertiary/aromatic N) is 3. The molecular formula is C14H18N4. The van der Waals surface area contributed by atoms with Crippen LogP contribution in [0.4, 0.5) is 5.82 Å². The highest BCUT2D eigenvalue weighted by molar-refractivity contribution is 5.53. The molecule has 0 aliphatic rings. The summed E-state index contributed by atoms with van der Waals surface area (Å²) in [5.41, 5.74) is 3.00. The molecule has 0 bridgehead atoms. The van der Waals surface area contributed by atoms with Crippen molar-refractivity contribution in [1.82, 2.24) is 15.0 Å². The first kappa shape index (κ1) is 12.5. The molecule has 18 heavy (non-hydrogen) atoms. The molecule has 0 aromatic carbocycles. The SMILES string of the molecule is CCCc1cc(NC)nc(-c2ccc(C)cn2)n1. The largest absolute Gasteiger partial charge is 0.373 e. The van der Waals surface area contributed by atoms with E-state index >= 15 is 0 Å². The lowest BCUT2D eigenvalue weighted by Crippen LogP contribution is -2.01. The van der Waals surface area contributed by atoms with Crippen LogP contribution in [-0.4, -0.2) is 22.0 Å². The fraction of sp³-hybridized carbons (Fsp3) is 0.357. The topological polar surface area (TPSA) is 50.7 Å². The smallest absolute Gasteiger partial charge is 0.180 e. The third kappa shape index (κ3) is 2.83. The zero-order chi connectivity index (χ0) is 13.0. The van der Waals surface area contributed by atoms with Gasteiger partial charge < -0.3 is 5.32 Å². The minimum atomic E-state index is 0.685. The maximum Gasteiger partial charge on any atom is 0.180 e. The molecule has 2 heterocycles. The fourth-order valence-electron chi connectivity index (χ4n) is 1.72. The third-order valence-electron chi connectivity index (χ3n) is 2.68. The molecule has 1 N–H and O–H groups in total. The third-order valence-corrected chi connectivity index (χ3v) is 2.68. The first-order chi connectivity index (χ1) is 8.72.